The highest BCUT2D eigenvalue weighted by molar-refractivity contribution is 9.10. The van der Waals surface area contributed by atoms with Gasteiger partial charge >= 0.3 is 0 Å². The smallest absolute Gasteiger partial charge is 0.157 e. The van der Waals surface area contributed by atoms with Gasteiger partial charge in [0, 0.05) is 11.9 Å². The zero-order chi connectivity index (χ0) is 9.52. The summed E-state index contributed by atoms with van der Waals surface area (Å²) in [5.41, 5.74) is 0. The fourth-order valence-corrected chi connectivity index (χ4v) is 1.56. The maximum atomic E-state index is 5.59. The molecule has 0 amide bonds. The van der Waals surface area contributed by atoms with Gasteiger partial charge in [-0.15, -0.1) is 0 Å². The largest absolute Gasteiger partial charge is 0.353 e. The van der Waals surface area contributed by atoms with Crippen molar-refractivity contribution in [3.8, 4) is 0 Å². The average Bonchev–Trinajstić information content (AvgIpc) is 2.19. The molecule has 0 aromatic carbocycles. The van der Waals surface area contributed by atoms with Gasteiger partial charge in [0.1, 0.15) is 0 Å². The van der Waals surface area contributed by atoms with Crippen LogP contribution in [0.2, 0.25) is 0 Å². The van der Waals surface area contributed by atoms with Crippen molar-refractivity contribution < 1.29 is 9.47 Å². The van der Waals surface area contributed by atoms with E-state index in [2.05, 4.69) is 22.9 Å². The third-order valence-electron chi connectivity index (χ3n) is 2.23. The Labute approximate surface area is 89.1 Å². The molecule has 0 spiro atoms. The highest BCUT2D eigenvalue weighted by atomic mass is 79.9. The van der Waals surface area contributed by atoms with Crippen LogP contribution in [0.5, 0.6) is 0 Å². The van der Waals surface area contributed by atoms with Crippen LogP contribution in [0, 0.1) is 11.2 Å². The minimum atomic E-state index is 0.0660. The third kappa shape index (κ3) is 4.99. The molecule has 0 aliphatic carbocycles. The minimum Gasteiger partial charge on any atom is -0.353 e. The first-order valence-electron chi connectivity index (χ1n) is 4.99. The summed E-state index contributed by atoms with van der Waals surface area (Å²) < 4.78 is 11.0. The molecule has 1 aliphatic heterocycles. The molecule has 1 rings (SSSR count). The molecule has 77 valence electrons. The number of rotatable bonds is 5. The Bertz CT molecular complexity index is 124. The lowest BCUT2D eigenvalue weighted by atomic mass is 10.1. The van der Waals surface area contributed by atoms with Crippen molar-refractivity contribution in [2.24, 2.45) is 5.92 Å². The van der Waals surface area contributed by atoms with Crippen molar-refractivity contribution in [1.29, 1.82) is 0 Å². The molecule has 0 aromatic heterocycles. The first-order valence-corrected chi connectivity index (χ1v) is 5.91. The molecule has 2 atom stereocenters. The molecule has 1 saturated heterocycles. The standard InChI is InChI=1S/C10H18BrO2/c1-9(8-11)5-7-13-10-4-2-3-6-12-10/h8-10H,2-7H2,1H3/t9-,10?/m1/s1. The van der Waals surface area contributed by atoms with Crippen LogP contribution >= 0.6 is 15.9 Å². The Morgan fingerprint density at radius 2 is 2.46 bits per heavy atom. The molecule has 0 saturated carbocycles. The Balaban J connectivity index is 1.98. The number of hydrogen-bond donors (Lipinski definition) is 0. The van der Waals surface area contributed by atoms with Crippen LogP contribution in [-0.2, 0) is 9.47 Å². The van der Waals surface area contributed by atoms with Crippen LogP contribution in [0.25, 0.3) is 0 Å². The van der Waals surface area contributed by atoms with Crippen molar-refractivity contribution in [1.82, 2.24) is 0 Å². The molecule has 3 heteroatoms. The summed E-state index contributed by atoms with van der Waals surface area (Å²) >= 11 is 3.33. The number of halogens is 1. The van der Waals surface area contributed by atoms with E-state index in [1.165, 1.54) is 12.8 Å². The molecule has 2 nitrogen and oxygen atoms in total. The van der Waals surface area contributed by atoms with Crippen molar-refractivity contribution in [2.45, 2.75) is 38.9 Å². The molecule has 1 unspecified atom stereocenters. The average molecular weight is 250 g/mol. The predicted octanol–water partition coefficient (Wildman–Crippen LogP) is 3.11. The van der Waals surface area contributed by atoms with E-state index in [9.17, 15) is 0 Å². The first kappa shape index (κ1) is 11.5. The quantitative estimate of drug-likeness (QED) is 0.746. The van der Waals surface area contributed by atoms with Gasteiger partial charge in [-0.05, 0) is 31.6 Å². The summed E-state index contributed by atoms with van der Waals surface area (Å²) in [6.45, 7) is 3.83. The lowest BCUT2D eigenvalue weighted by Crippen LogP contribution is -2.23. The predicted molar refractivity (Wildman–Crippen MR) is 56.6 cm³/mol. The number of ether oxygens (including phenoxy) is 2. The van der Waals surface area contributed by atoms with Crippen molar-refractivity contribution in [2.75, 3.05) is 13.2 Å². The van der Waals surface area contributed by atoms with Crippen LogP contribution < -0.4 is 0 Å². The molecular formula is C10H18BrO2. The van der Waals surface area contributed by atoms with E-state index in [-0.39, 0.29) is 6.29 Å². The van der Waals surface area contributed by atoms with Gasteiger partial charge in [0.2, 0.25) is 0 Å². The van der Waals surface area contributed by atoms with E-state index in [1.54, 1.807) is 0 Å². The summed E-state index contributed by atoms with van der Waals surface area (Å²) in [7, 11) is 0. The van der Waals surface area contributed by atoms with Crippen LogP contribution in [0.15, 0.2) is 0 Å². The van der Waals surface area contributed by atoms with E-state index in [0.717, 1.165) is 26.1 Å². The molecule has 1 fully saturated rings. The summed E-state index contributed by atoms with van der Waals surface area (Å²) in [4.78, 5) is 0. The zero-order valence-electron chi connectivity index (χ0n) is 8.17. The van der Waals surface area contributed by atoms with E-state index < -0.39 is 0 Å². The third-order valence-corrected chi connectivity index (χ3v) is 3.13. The van der Waals surface area contributed by atoms with Crippen molar-refractivity contribution >= 4 is 15.9 Å². The SMILES string of the molecule is C[C@@H]([CH]Br)CCOC1CCCCO1. The zero-order valence-corrected chi connectivity index (χ0v) is 9.76. The lowest BCUT2D eigenvalue weighted by molar-refractivity contribution is -0.163. The molecule has 1 radical (unpaired) electrons. The van der Waals surface area contributed by atoms with Gasteiger partial charge < -0.3 is 9.47 Å². The second-order valence-electron chi connectivity index (χ2n) is 3.56. The normalized spacial score (nSPS) is 25.8. The second-order valence-corrected chi connectivity index (χ2v) is 4.09. The highest BCUT2D eigenvalue weighted by Gasteiger charge is 2.13. The molecule has 1 aliphatic rings. The summed E-state index contributed by atoms with van der Waals surface area (Å²) in [6, 6.07) is 0. The molecule has 13 heavy (non-hydrogen) atoms. The molecule has 0 N–H and O–H groups in total. The summed E-state index contributed by atoms with van der Waals surface area (Å²) in [5, 5.41) is 2.03. The fraction of sp³-hybridized carbons (Fsp3) is 0.900. The topological polar surface area (TPSA) is 18.5 Å². The monoisotopic (exact) mass is 249 g/mol. The van der Waals surface area contributed by atoms with Crippen LogP contribution in [0.3, 0.4) is 0 Å². The van der Waals surface area contributed by atoms with Gasteiger partial charge in [-0.2, -0.15) is 0 Å². The van der Waals surface area contributed by atoms with Crippen molar-refractivity contribution in [3.05, 3.63) is 5.33 Å². The minimum absolute atomic E-state index is 0.0660. The Morgan fingerprint density at radius 3 is 3.08 bits per heavy atom. The van der Waals surface area contributed by atoms with E-state index >= 15 is 0 Å². The lowest BCUT2D eigenvalue weighted by Gasteiger charge is -2.23. The highest BCUT2D eigenvalue weighted by Crippen LogP contribution is 2.16. The van der Waals surface area contributed by atoms with Crippen LogP contribution in [0.1, 0.15) is 32.6 Å². The Kier molecular flexibility index (Phi) is 6.00. The number of hydrogen-bond acceptors (Lipinski definition) is 2. The second kappa shape index (κ2) is 6.80. The van der Waals surface area contributed by atoms with Gasteiger partial charge in [0.05, 0.1) is 6.61 Å². The van der Waals surface area contributed by atoms with E-state index in [4.69, 9.17) is 9.47 Å². The maximum Gasteiger partial charge on any atom is 0.157 e. The van der Waals surface area contributed by atoms with Crippen LogP contribution in [-0.4, -0.2) is 19.5 Å². The van der Waals surface area contributed by atoms with E-state index in [1.807, 2.05) is 5.33 Å². The Morgan fingerprint density at radius 1 is 1.62 bits per heavy atom. The molecule has 0 bridgehead atoms. The van der Waals surface area contributed by atoms with Gasteiger partial charge in [-0.25, -0.2) is 0 Å². The van der Waals surface area contributed by atoms with Gasteiger partial charge in [-0.3, -0.25) is 0 Å². The summed E-state index contributed by atoms with van der Waals surface area (Å²) in [5.74, 6) is 0.573. The fourth-order valence-electron chi connectivity index (χ4n) is 1.29. The molecular weight excluding hydrogens is 232 g/mol. The summed E-state index contributed by atoms with van der Waals surface area (Å²) in [6.07, 6.45) is 4.62. The molecule has 1 heterocycles. The van der Waals surface area contributed by atoms with Crippen LogP contribution in [0.4, 0.5) is 0 Å². The first-order chi connectivity index (χ1) is 6.33. The maximum absolute atomic E-state index is 5.59. The van der Waals surface area contributed by atoms with Gasteiger partial charge in [0.15, 0.2) is 6.29 Å². The Hall–Kier alpha value is 0.400. The van der Waals surface area contributed by atoms with Crippen molar-refractivity contribution in [3.63, 3.8) is 0 Å². The molecule has 0 aromatic rings. The van der Waals surface area contributed by atoms with Gasteiger partial charge in [0.25, 0.3) is 0 Å². The van der Waals surface area contributed by atoms with Gasteiger partial charge in [-0.1, -0.05) is 22.9 Å². The van der Waals surface area contributed by atoms with E-state index in [0.29, 0.717) is 5.92 Å².